The zero-order chi connectivity index (χ0) is 104. The number of aromatic carboxylic acids is 2. The molecule has 5 heterocycles. The number of carboxylic acids is 5. The molecule has 0 aliphatic heterocycles. The Bertz CT molecular complexity index is 7500. The topological polar surface area (TPSA) is 427 Å². The summed E-state index contributed by atoms with van der Waals surface area (Å²) in [5.74, 6) is -9.01. The largest absolute Gasteiger partial charge is 0.495 e. The summed E-state index contributed by atoms with van der Waals surface area (Å²) in [6.07, 6.45) is -0.670. The average molecular weight is 2080 g/mol. The van der Waals surface area contributed by atoms with Crippen LogP contribution >= 0.6 is 81.2 Å². The maximum absolute atomic E-state index is 14.5. The van der Waals surface area contributed by atoms with Gasteiger partial charge in [-0.15, -0.1) is 0 Å². The van der Waals surface area contributed by atoms with Gasteiger partial charge in [0.15, 0.2) is 0 Å². The number of amides is 5. The second-order valence-corrected chi connectivity index (χ2v) is 36.0. The highest BCUT2D eigenvalue weighted by Crippen LogP contribution is 2.41. The van der Waals surface area contributed by atoms with Crippen LogP contribution in [0.15, 0.2) is 182 Å². The predicted octanol–water partition coefficient (Wildman–Crippen LogP) is 19.8. The molecule has 13 N–H and O–H groups in total. The molecule has 5 aromatic heterocycles. The number of aryl methyl sites for hydroxylation is 9. The van der Waals surface area contributed by atoms with Crippen LogP contribution in [-0.4, -0.2) is 150 Å². The maximum Gasteiger partial charge on any atom is 0.335 e. The average Bonchev–Trinajstić information content (AvgIpc) is 1.50. The summed E-state index contributed by atoms with van der Waals surface area (Å²) in [5.41, 5.74) is 12.2. The molecule has 0 radical (unpaired) electrons. The molecule has 0 aliphatic rings. The molecule has 2 unspecified atom stereocenters. The van der Waals surface area contributed by atoms with Crippen molar-refractivity contribution in [3.05, 3.63) is 341 Å². The van der Waals surface area contributed by atoms with Gasteiger partial charge in [0.1, 0.15) is 56.7 Å². The quantitative estimate of drug-likeness (QED) is 0.0227. The van der Waals surface area contributed by atoms with E-state index in [0.29, 0.717) is 81.8 Å². The van der Waals surface area contributed by atoms with E-state index in [-0.39, 0.29) is 97.7 Å². The number of nitrogens with one attached hydrogen (secondary N) is 5. The number of carboxylic acid groups (broad SMARTS) is 5. The van der Waals surface area contributed by atoms with Crippen molar-refractivity contribution in [2.45, 2.75) is 91.0 Å². The second kappa shape index (κ2) is 46.7. The van der Waals surface area contributed by atoms with E-state index in [0.717, 1.165) is 78.0 Å². The number of methoxy groups -OCH3 is 1. The lowest BCUT2D eigenvalue weighted by molar-refractivity contribution is -0.137. The number of benzene rings is 10. The Kier molecular flexibility index (Phi) is 35.7. The van der Waals surface area contributed by atoms with Crippen LogP contribution in [-0.2, 0) is 68.9 Å². The number of carbonyl (C=O) groups excluding carboxylic acids is 5. The highest BCUT2D eigenvalue weighted by molar-refractivity contribution is 6.46. The molecule has 29 nitrogen and oxygen atoms in total. The van der Waals surface area contributed by atoms with Gasteiger partial charge in [0.2, 0.25) is 0 Å². The van der Waals surface area contributed by atoms with Gasteiger partial charge in [0.25, 0.3) is 29.5 Å². The lowest BCUT2D eigenvalue weighted by Crippen LogP contribution is -2.32. The Morgan fingerprint density at radius 3 is 0.937 bits per heavy atom. The van der Waals surface area contributed by atoms with Gasteiger partial charge in [-0.05, 0) is 183 Å². The Labute approximate surface area is 845 Å². The number of rotatable bonds is 27. The summed E-state index contributed by atoms with van der Waals surface area (Å²) < 4.78 is 56.9. The van der Waals surface area contributed by atoms with Gasteiger partial charge in [-0.3, -0.25) is 38.4 Å². The summed E-state index contributed by atoms with van der Waals surface area (Å²) in [5, 5.41) is 94.0. The molecule has 0 saturated carbocycles. The normalized spacial score (nSPS) is 12.1. The van der Waals surface area contributed by atoms with Crippen molar-refractivity contribution in [3.8, 4) is 5.75 Å². The van der Waals surface area contributed by atoms with Crippen molar-refractivity contribution in [1.29, 1.82) is 0 Å². The van der Waals surface area contributed by atoms with Gasteiger partial charge in [0.05, 0.1) is 118 Å². The lowest BCUT2D eigenvalue weighted by atomic mass is 10.0. The number of carbonyl (C=O) groups is 10. The minimum Gasteiger partial charge on any atom is -0.495 e. The molecule has 0 spiro atoms. The van der Waals surface area contributed by atoms with Gasteiger partial charge >= 0.3 is 29.8 Å². The van der Waals surface area contributed by atoms with E-state index in [1.165, 1.54) is 61.7 Å². The van der Waals surface area contributed by atoms with Crippen LogP contribution in [0, 0.1) is 45.1 Å². The number of nitrogens with zero attached hydrogens (tertiary/aromatic N) is 5. The fraction of sp³-hybridized carbons (Fsp3) is 0.223. The Morgan fingerprint density at radius 1 is 0.324 bits per heavy atom. The fourth-order valence-corrected chi connectivity index (χ4v) is 17.6. The van der Waals surface area contributed by atoms with Crippen LogP contribution in [0.2, 0.25) is 35.2 Å². The molecule has 39 heteroatoms. The van der Waals surface area contributed by atoms with Crippen molar-refractivity contribution in [1.82, 2.24) is 49.4 Å². The molecule has 10 aromatic carbocycles. The SMILES string of the molecule is COc1cc2c(cc(C(=O)N[C@H](CO)c3ccc(CC(=O)O)cc3F)n2C)c(Cl)c1Cl.Cc1ccc2c(cc(C(=O)NC(C)c3ccc(C(=O)O)cc3F)n2C)c1Cl.Cc1ccc2c(cc(C(=O)NC(C)c3ccc(CC(=O)O)cc3F)n2C)c1Cl.Cc1ccc2c(cc(C(=O)N[C@H](CO)c3ccc(C(=O)O)cc3Cl)n2C)c1Cl.Cc1ccc2c(cc(C(=O)N[C@H](CO)c3ccc(CC(=O)O)cc3)n2C)c1Cl. The van der Waals surface area contributed by atoms with Gasteiger partial charge in [-0.25, -0.2) is 22.8 Å². The zero-order valence-electron chi connectivity index (χ0n) is 78.0. The first-order valence-corrected chi connectivity index (χ1v) is 46.0. The van der Waals surface area contributed by atoms with Crippen molar-refractivity contribution >= 4 is 195 Å². The Hall–Kier alpha value is -13.9. The number of aliphatic hydroxyl groups excluding tert-OH is 3. The standard InChI is InChI=1S/C21H19Cl2FN2O5.C21H20ClFN2O3.C21H21ClN2O4.C20H18Cl2N2O4.C20H18ClFN2O3/c1-26-15-8-17(31-2)20(23)19(22)12(15)7-16(26)21(30)25-14(9-27)11-4-3-10(5-13(11)24)6-18(28)29;1-11-4-7-17-15(20(11)22)10-18(25(17)3)21(28)24-12(2)14-6-5-13(8-16(14)23)9-19(26)27;1-12-3-8-17-15(20(12)22)10-18(24(17)2)21(28)23-16(11-25)14-6-4-13(5-7-14)9-19(26)27;1-10-3-6-16-13(18(10)22)8-17(24(16)2)19(26)23-15(9-25)12-5-4-11(20(27)28)7-14(12)21;1-10-4-7-16-14(18(10)21)9-17(24(16)3)19(25)23-11(2)13-6-5-12(20(26)27)8-15(13)22/h3-5,7-8,14,27H,6,9H2,1-2H3,(H,25,30)(H,28,29);4-8,10,12H,9H2,1-3H3,(H,24,28)(H,26,27);3-8,10,16,25H,9,11H2,1-2H3,(H,23,28)(H,26,27);3-8,15,25H,9H2,1-2H3,(H,23,26)(H,27,28);4-9,11H,1-3H3,(H,23,25)(H,26,27)/t14-;;16-;15-;/m1.11./s1. The summed E-state index contributed by atoms with van der Waals surface area (Å²) in [4.78, 5) is 118. The molecule has 0 fully saturated rings. The summed E-state index contributed by atoms with van der Waals surface area (Å²) >= 11 is 44.1. The molecule has 15 aromatic rings. The maximum atomic E-state index is 14.5. The van der Waals surface area contributed by atoms with Gasteiger partial charge in [0, 0.05) is 112 Å². The van der Waals surface area contributed by atoms with Crippen molar-refractivity contribution < 1.29 is 107 Å². The number of aliphatic carboxylic acids is 3. The lowest BCUT2D eigenvalue weighted by Gasteiger charge is -2.18. The van der Waals surface area contributed by atoms with Crippen molar-refractivity contribution in [2.75, 3.05) is 26.9 Å². The van der Waals surface area contributed by atoms with Gasteiger partial charge in [-0.1, -0.05) is 166 Å². The van der Waals surface area contributed by atoms with Crippen LogP contribution < -0.4 is 31.3 Å². The molecule has 742 valence electrons. The van der Waals surface area contributed by atoms with Crippen molar-refractivity contribution in [2.24, 2.45) is 35.2 Å². The monoisotopic (exact) mass is 2080 g/mol. The number of hydrogen-bond donors (Lipinski definition) is 13. The molecule has 5 atom stereocenters. The Morgan fingerprint density at radius 2 is 0.613 bits per heavy atom. The molecule has 0 bridgehead atoms. The predicted molar refractivity (Wildman–Crippen MR) is 539 cm³/mol. The molecule has 15 rings (SSSR count). The van der Waals surface area contributed by atoms with E-state index in [9.17, 15) is 76.4 Å². The fourth-order valence-electron chi connectivity index (χ4n) is 16.0. The molecular weight excluding hydrogens is 1990 g/mol. The minimum absolute atomic E-state index is 0.0236. The first kappa shape index (κ1) is 109. The molecule has 0 aliphatic carbocycles. The number of halogens is 10. The van der Waals surface area contributed by atoms with Gasteiger partial charge in [-0.2, -0.15) is 0 Å². The van der Waals surface area contributed by atoms with Gasteiger partial charge < -0.3 is 95.0 Å². The van der Waals surface area contributed by atoms with E-state index in [1.54, 1.807) is 139 Å². The third-order valence-corrected chi connectivity index (χ3v) is 27.1. The Balaban J connectivity index is 0.000000170. The van der Waals surface area contributed by atoms with Crippen LogP contribution in [0.5, 0.6) is 5.75 Å². The van der Waals surface area contributed by atoms with E-state index in [2.05, 4.69) is 26.6 Å². The molecule has 142 heavy (non-hydrogen) atoms. The molecule has 0 saturated heterocycles. The first-order valence-electron chi connectivity index (χ1n) is 43.4. The highest BCUT2D eigenvalue weighted by atomic mass is 35.5. The second-order valence-electron chi connectivity index (χ2n) is 33.4. The van der Waals surface area contributed by atoms with Crippen LogP contribution in [0.25, 0.3) is 54.5 Å². The van der Waals surface area contributed by atoms with Crippen LogP contribution in [0.4, 0.5) is 13.2 Å². The number of fused-ring (bicyclic) bond motifs is 5. The summed E-state index contributed by atoms with van der Waals surface area (Å²) in [7, 11) is 10.2. The third-order valence-electron chi connectivity index (χ3n) is 23.9. The van der Waals surface area contributed by atoms with E-state index >= 15 is 0 Å². The third kappa shape index (κ3) is 24.5. The molecular formula is C103H96Cl7F3N10O19. The highest BCUT2D eigenvalue weighted by Gasteiger charge is 2.30. The number of aromatic nitrogens is 5. The van der Waals surface area contributed by atoms with Crippen LogP contribution in [0.1, 0.15) is 184 Å². The van der Waals surface area contributed by atoms with Crippen molar-refractivity contribution in [3.63, 3.8) is 0 Å². The zero-order valence-corrected chi connectivity index (χ0v) is 83.3. The minimum atomic E-state index is -1.21. The number of ether oxygens (including phenoxy) is 1. The first-order chi connectivity index (χ1) is 67.1. The summed E-state index contributed by atoms with van der Waals surface area (Å²) in [6.45, 7) is 9.64. The number of hydrogen-bond acceptors (Lipinski definition) is 14. The smallest absolute Gasteiger partial charge is 0.335 e. The number of aliphatic hydroxyl groups is 3. The van der Waals surface area contributed by atoms with E-state index in [1.807, 2.05) is 76.2 Å². The summed E-state index contributed by atoms with van der Waals surface area (Å²) in [6, 6.07) is 44.1. The van der Waals surface area contributed by atoms with E-state index < -0.39 is 103 Å². The molecule has 5 amide bonds. The van der Waals surface area contributed by atoms with E-state index in [4.69, 9.17) is 111 Å². The van der Waals surface area contributed by atoms with Crippen LogP contribution in [0.3, 0.4) is 0 Å².